The third-order valence-electron chi connectivity index (χ3n) is 3.08. The molecule has 1 aliphatic carbocycles. The molecule has 0 aromatic carbocycles. The average Bonchev–Trinajstić information content (AvgIpc) is 2.26. The Bertz CT molecular complexity index is 176. The van der Waals surface area contributed by atoms with Gasteiger partial charge in [-0.2, -0.15) is 0 Å². The van der Waals surface area contributed by atoms with E-state index in [-0.39, 0.29) is 6.09 Å². The summed E-state index contributed by atoms with van der Waals surface area (Å²) >= 11 is 0. The van der Waals surface area contributed by atoms with Crippen LogP contribution in [0, 0.1) is 5.92 Å². The Morgan fingerprint density at radius 2 is 2.00 bits per heavy atom. The number of methoxy groups -OCH3 is 1. The van der Waals surface area contributed by atoms with Crippen LogP contribution >= 0.6 is 0 Å². The molecule has 0 radical (unpaired) electrons. The SMILES string of the molecule is COC(=O)N(C)CCC1CCCCC1. The maximum absolute atomic E-state index is 11.1. The first kappa shape index (κ1) is 11.3. The lowest BCUT2D eigenvalue weighted by molar-refractivity contribution is 0.129. The summed E-state index contributed by atoms with van der Waals surface area (Å²) in [7, 11) is 3.23. The molecule has 3 heteroatoms. The van der Waals surface area contributed by atoms with Gasteiger partial charge in [-0.15, -0.1) is 0 Å². The first-order chi connectivity index (χ1) is 6.74. The lowest BCUT2D eigenvalue weighted by Crippen LogP contribution is -2.29. The minimum Gasteiger partial charge on any atom is -0.453 e. The summed E-state index contributed by atoms with van der Waals surface area (Å²) in [6, 6.07) is 0. The standard InChI is InChI=1S/C11H21NO2/c1-12(11(13)14-2)9-8-10-6-4-3-5-7-10/h10H,3-9H2,1-2H3. The highest BCUT2D eigenvalue weighted by Gasteiger charge is 2.15. The Hall–Kier alpha value is -0.730. The highest BCUT2D eigenvalue weighted by molar-refractivity contribution is 5.66. The highest BCUT2D eigenvalue weighted by atomic mass is 16.5. The van der Waals surface area contributed by atoms with Crippen LogP contribution in [0.15, 0.2) is 0 Å². The second kappa shape index (κ2) is 5.89. The van der Waals surface area contributed by atoms with Crippen LogP contribution in [0.5, 0.6) is 0 Å². The van der Waals surface area contributed by atoms with Crippen molar-refractivity contribution in [1.82, 2.24) is 4.90 Å². The molecule has 0 aliphatic heterocycles. The molecule has 0 bridgehead atoms. The van der Waals surface area contributed by atoms with Gasteiger partial charge in [-0.3, -0.25) is 0 Å². The molecule has 3 nitrogen and oxygen atoms in total. The zero-order valence-electron chi connectivity index (χ0n) is 9.29. The topological polar surface area (TPSA) is 29.5 Å². The zero-order valence-corrected chi connectivity index (χ0v) is 9.29. The van der Waals surface area contributed by atoms with Gasteiger partial charge in [-0.25, -0.2) is 4.79 Å². The number of carbonyl (C=O) groups is 1. The molecule has 0 aromatic heterocycles. The van der Waals surface area contributed by atoms with Crippen molar-refractivity contribution in [3.63, 3.8) is 0 Å². The van der Waals surface area contributed by atoms with Crippen molar-refractivity contribution in [3.8, 4) is 0 Å². The van der Waals surface area contributed by atoms with Gasteiger partial charge in [0.05, 0.1) is 7.11 Å². The maximum atomic E-state index is 11.1. The van der Waals surface area contributed by atoms with Crippen molar-refractivity contribution in [2.24, 2.45) is 5.92 Å². The second-order valence-corrected chi connectivity index (χ2v) is 4.18. The van der Waals surface area contributed by atoms with E-state index in [1.54, 1.807) is 11.9 Å². The molecule has 0 unspecified atom stereocenters. The van der Waals surface area contributed by atoms with E-state index in [9.17, 15) is 4.79 Å². The molecule has 14 heavy (non-hydrogen) atoms. The Balaban J connectivity index is 2.15. The molecule has 0 atom stereocenters. The van der Waals surface area contributed by atoms with Crippen LogP contribution in [-0.4, -0.2) is 31.7 Å². The van der Waals surface area contributed by atoms with Gasteiger partial charge in [0.2, 0.25) is 0 Å². The highest BCUT2D eigenvalue weighted by Crippen LogP contribution is 2.26. The van der Waals surface area contributed by atoms with Gasteiger partial charge >= 0.3 is 6.09 Å². The van der Waals surface area contributed by atoms with Crippen LogP contribution < -0.4 is 0 Å². The largest absolute Gasteiger partial charge is 0.453 e. The number of carbonyl (C=O) groups excluding carboxylic acids is 1. The van der Waals surface area contributed by atoms with E-state index in [0.29, 0.717) is 0 Å². The zero-order chi connectivity index (χ0) is 10.4. The van der Waals surface area contributed by atoms with Crippen molar-refractivity contribution < 1.29 is 9.53 Å². The molecule has 1 saturated carbocycles. The lowest BCUT2D eigenvalue weighted by Gasteiger charge is -2.23. The summed E-state index contributed by atoms with van der Waals surface area (Å²) < 4.78 is 4.64. The van der Waals surface area contributed by atoms with Crippen LogP contribution in [0.4, 0.5) is 4.79 Å². The van der Waals surface area contributed by atoms with Crippen molar-refractivity contribution in [2.45, 2.75) is 38.5 Å². The smallest absolute Gasteiger partial charge is 0.409 e. The molecule has 1 amide bonds. The van der Waals surface area contributed by atoms with E-state index in [1.807, 2.05) is 0 Å². The number of ether oxygens (including phenoxy) is 1. The van der Waals surface area contributed by atoms with Crippen LogP contribution in [0.2, 0.25) is 0 Å². The molecule has 1 fully saturated rings. The van der Waals surface area contributed by atoms with E-state index < -0.39 is 0 Å². The van der Waals surface area contributed by atoms with Crippen LogP contribution in [0.3, 0.4) is 0 Å². The molecule has 0 saturated heterocycles. The summed E-state index contributed by atoms with van der Waals surface area (Å²) in [6.07, 6.45) is 7.72. The first-order valence-electron chi connectivity index (χ1n) is 5.53. The average molecular weight is 199 g/mol. The molecule has 0 heterocycles. The summed E-state index contributed by atoms with van der Waals surface area (Å²) in [4.78, 5) is 12.7. The normalized spacial score (nSPS) is 17.9. The molecular weight excluding hydrogens is 178 g/mol. The summed E-state index contributed by atoms with van der Waals surface area (Å²) in [5, 5.41) is 0. The van der Waals surface area contributed by atoms with Gasteiger partial charge in [0.1, 0.15) is 0 Å². The lowest BCUT2D eigenvalue weighted by atomic mass is 9.87. The number of rotatable bonds is 3. The van der Waals surface area contributed by atoms with Gasteiger partial charge in [0.25, 0.3) is 0 Å². The van der Waals surface area contributed by atoms with E-state index in [4.69, 9.17) is 0 Å². The second-order valence-electron chi connectivity index (χ2n) is 4.18. The summed E-state index contributed by atoms with van der Waals surface area (Å²) in [5.74, 6) is 0.829. The Morgan fingerprint density at radius 3 is 2.57 bits per heavy atom. The maximum Gasteiger partial charge on any atom is 0.409 e. The molecule has 1 aliphatic rings. The number of hydrogen-bond acceptors (Lipinski definition) is 2. The Kier molecular flexibility index (Phi) is 4.77. The molecule has 0 spiro atoms. The van der Waals surface area contributed by atoms with Crippen LogP contribution in [0.25, 0.3) is 0 Å². The monoisotopic (exact) mass is 199 g/mol. The van der Waals surface area contributed by atoms with Crippen LogP contribution in [-0.2, 0) is 4.74 Å². The molecule has 0 N–H and O–H groups in total. The third-order valence-corrected chi connectivity index (χ3v) is 3.08. The van der Waals surface area contributed by atoms with Gasteiger partial charge < -0.3 is 9.64 Å². The Labute approximate surface area is 86.4 Å². The molecule has 0 aromatic rings. The molecule has 1 rings (SSSR count). The molecular formula is C11H21NO2. The quantitative estimate of drug-likeness (QED) is 0.699. The van der Waals surface area contributed by atoms with E-state index in [1.165, 1.54) is 39.2 Å². The van der Waals surface area contributed by atoms with E-state index >= 15 is 0 Å². The number of hydrogen-bond donors (Lipinski definition) is 0. The van der Waals surface area contributed by atoms with Crippen molar-refractivity contribution >= 4 is 6.09 Å². The third kappa shape index (κ3) is 3.56. The van der Waals surface area contributed by atoms with E-state index in [0.717, 1.165) is 18.9 Å². The van der Waals surface area contributed by atoms with Crippen LogP contribution in [0.1, 0.15) is 38.5 Å². The van der Waals surface area contributed by atoms with Gasteiger partial charge in [-0.1, -0.05) is 32.1 Å². The predicted octanol–water partition coefficient (Wildman–Crippen LogP) is 2.66. The fraction of sp³-hybridized carbons (Fsp3) is 0.909. The first-order valence-corrected chi connectivity index (χ1v) is 5.53. The minimum absolute atomic E-state index is 0.221. The predicted molar refractivity (Wildman–Crippen MR) is 56.2 cm³/mol. The fourth-order valence-electron chi connectivity index (χ4n) is 2.10. The minimum atomic E-state index is -0.221. The summed E-state index contributed by atoms with van der Waals surface area (Å²) in [5.41, 5.74) is 0. The van der Waals surface area contributed by atoms with Crippen molar-refractivity contribution in [2.75, 3.05) is 20.7 Å². The number of amides is 1. The van der Waals surface area contributed by atoms with Gasteiger partial charge in [-0.05, 0) is 12.3 Å². The number of nitrogens with zero attached hydrogens (tertiary/aromatic N) is 1. The molecule has 82 valence electrons. The summed E-state index contributed by atoms with van der Waals surface area (Å²) in [6.45, 7) is 0.831. The van der Waals surface area contributed by atoms with Gasteiger partial charge in [0.15, 0.2) is 0 Å². The van der Waals surface area contributed by atoms with Gasteiger partial charge in [0, 0.05) is 13.6 Å². The van der Waals surface area contributed by atoms with Crippen molar-refractivity contribution in [1.29, 1.82) is 0 Å². The van der Waals surface area contributed by atoms with E-state index in [2.05, 4.69) is 4.74 Å². The van der Waals surface area contributed by atoms with Crippen molar-refractivity contribution in [3.05, 3.63) is 0 Å². The Morgan fingerprint density at radius 1 is 1.36 bits per heavy atom. The fourth-order valence-corrected chi connectivity index (χ4v) is 2.10.